The van der Waals surface area contributed by atoms with Gasteiger partial charge in [0, 0.05) is 22.8 Å². The van der Waals surface area contributed by atoms with Crippen LogP contribution in [-0.4, -0.2) is 44.1 Å². The van der Waals surface area contributed by atoms with Crippen LogP contribution in [-0.2, 0) is 20.8 Å². The number of alkyl halides is 1. The molecule has 33 heavy (non-hydrogen) atoms. The molecule has 0 aliphatic rings. The molecule has 5 nitrogen and oxygen atoms in total. The van der Waals surface area contributed by atoms with Crippen molar-refractivity contribution in [3.05, 3.63) is 77.6 Å². The van der Waals surface area contributed by atoms with Crippen LogP contribution in [0.25, 0.3) is 27.4 Å². The van der Waals surface area contributed by atoms with Crippen LogP contribution < -0.4 is 0 Å². The zero-order chi connectivity index (χ0) is 23.0. The summed E-state index contributed by atoms with van der Waals surface area (Å²) in [6.07, 6.45) is 2.12. The molecule has 0 radical (unpaired) electrons. The summed E-state index contributed by atoms with van der Waals surface area (Å²) in [5, 5.41) is 11.8. The van der Waals surface area contributed by atoms with Crippen molar-refractivity contribution in [3.63, 3.8) is 0 Å². The van der Waals surface area contributed by atoms with Crippen molar-refractivity contribution < 1.29 is 18.6 Å². The number of aryl methyl sites for hydroxylation is 1. The van der Waals surface area contributed by atoms with Crippen molar-refractivity contribution >= 4 is 16.3 Å². The van der Waals surface area contributed by atoms with Crippen LogP contribution in [0.4, 0.5) is 4.39 Å². The lowest BCUT2D eigenvalue weighted by molar-refractivity contribution is 0.00867. The van der Waals surface area contributed by atoms with Crippen LogP contribution in [0.2, 0.25) is 0 Å². The van der Waals surface area contributed by atoms with Gasteiger partial charge in [0.25, 0.3) is 0 Å². The van der Waals surface area contributed by atoms with Crippen LogP contribution in [0.3, 0.4) is 0 Å². The first-order valence-electron chi connectivity index (χ1n) is 11.0. The molecule has 4 aromatic rings. The summed E-state index contributed by atoms with van der Waals surface area (Å²) in [5.74, 6) is 0. The molecule has 0 unspecified atom stereocenters. The number of hydrogen-bond acceptors (Lipinski definition) is 4. The number of pyridine rings is 1. The van der Waals surface area contributed by atoms with Gasteiger partial charge in [0.1, 0.15) is 12.7 Å². The highest BCUT2D eigenvalue weighted by Crippen LogP contribution is 2.34. The lowest BCUT2D eigenvalue weighted by Gasteiger charge is -2.13. The van der Waals surface area contributed by atoms with Gasteiger partial charge in [-0.1, -0.05) is 42.5 Å². The highest BCUT2D eigenvalue weighted by Gasteiger charge is 2.15. The van der Waals surface area contributed by atoms with E-state index in [2.05, 4.69) is 40.9 Å². The van der Waals surface area contributed by atoms with E-state index in [-0.39, 0.29) is 6.61 Å². The van der Waals surface area contributed by atoms with Gasteiger partial charge in [-0.3, -0.25) is 0 Å². The molecule has 2 heterocycles. The van der Waals surface area contributed by atoms with Crippen molar-refractivity contribution in [2.45, 2.75) is 13.5 Å². The molecule has 0 atom stereocenters. The molecular formula is C27H27FN2O3. The van der Waals surface area contributed by atoms with E-state index in [0.29, 0.717) is 38.6 Å². The molecule has 0 saturated heterocycles. The highest BCUT2D eigenvalue weighted by atomic mass is 19.1. The predicted molar refractivity (Wildman–Crippen MR) is 127 cm³/mol. The fourth-order valence-corrected chi connectivity index (χ4v) is 4.02. The van der Waals surface area contributed by atoms with Gasteiger partial charge in [-0.25, -0.2) is 4.39 Å². The second-order valence-corrected chi connectivity index (χ2v) is 7.78. The first-order valence-corrected chi connectivity index (χ1v) is 11.0. The standard InChI is InChI=1S/C27H27FN2O3/c1-20-15-23(17-29)27-24-8-7-21(19-33-14-13-32-12-11-31-10-9-28)16-25(24)26(18-30(20)27)22-5-3-2-4-6-22/h2-8,15-16,18H,9-14,19H2,1H3. The van der Waals surface area contributed by atoms with Crippen LogP contribution in [0.5, 0.6) is 0 Å². The average Bonchev–Trinajstić information content (AvgIpc) is 3.18. The van der Waals surface area contributed by atoms with Crippen molar-refractivity contribution in [1.29, 1.82) is 5.26 Å². The van der Waals surface area contributed by atoms with E-state index >= 15 is 0 Å². The fraction of sp³-hybridized carbons (Fsp3) is 0.296. The maximum atomic E-state index is 12.0. The number of hydrogen-bond donors (Lipinski definition) is 0. The largest absolute Gasteiger partial charge is 0.377 e. The first kappa shape index (κ1) is 22.9. The van der Waals surface area contributed by atoms with Gasteiger partial charge in [-0.2, -0.15) is 5.26 Å². The van der Waals surface area contributed by atoms with E-state index in [1.54, 1.807) is 0 Å². The number of ether oxygens (including phenoxy) is 3. The minimum absolute atomic E-state index is 0.109. The summed E-state index contributed by atoms with van der Waals surface area (Å²) in [4.78, 5) is 0. The monoisotopic (exact) mass is 446 g/mol. The van der Waals surface area contributed by atoms with Crippen molar-refractivity contribution in [3.8, 4) is 17.2 Å². The van der Waals surface area contributed by atoms with Gasteiger partial charge in [0.15, 0.2) is 0 Å². The number of nitriles is 1. The molecule has 2 aromatic heterocycles. The van der Waals surface area contributed by atoms with Gasteiger partial charge in [0.05, 0.1) is 50.7 Å². The number of nitrogens with zero attached hydrogens (tertiary/aromatic N) is 2. The average molecular weight is 447 g/mol. The summed E-state index contributed by atoms with van der Waals surface area (Å²) in [6.45, 7) is 3.84. The SMILES string of the molecule is Cc1cc(C#N)c2c3ccc(COCCOCCOCCF)cc3c(-c3ccccc3)cn12. The molecule has 0 saturated carbocycles. The Hall–Kier alpha value is -3.24. The van der Waals surface area contributed by atoms with E-state index in [1.165, 1.54) is 0 Å². The number of fused-ring (bicyclic) bond motifs is 3. The third kappa shape index (κ3) is 5.23. The van der Waals surface area contributed by atoms with E-state index in [0.717, 1.165) is 38.7 Å². The lowest BCUT2D eigenvalue weighted by Crippen LogP contribution is -2.10. The van der Waals surface area contributed by atoms with E-state index in [1.807, 2.05) is 37.3 Å². The lowest BCUT2D eigenvalue weighted by atomic mass is 9.97. The highest BCUT2D eigenvalue weighted by molar-refractivity contribution is 6.06. The molecule has 6 heteroatoms. The quantitative estimate of drug-likeness (QED) is 0.287. The number of benzene rings is 2. The molecule has 0 N–H and O–H groups in total. The van der Waals surface area contributed by atoms with Gasteiger partial charge in [0.2, 0.25) is 0 Å². The molecule has 170 valence electrons. The smallest absolute Gasteiger partial charge is 0.113 e. The number of aromatic nitrogens is 1. The fourth-order valence-electron chi connectivity index (χ4n) is 4.02. The number of rotatable bonds is 11. The molecule has 2 aromatic carbocycles. The van der Waals surface area contributed by atoms with E-state index in [9.17, 15) is 9.65 Å². The second kappa shape index (κ2) is 11.1. The minimum Gasteiger partial charge on any atom is -0.377 e. The molecule has 0 fully saturated rings. The molecule has 0 spiro atoms. The summed E-state index contributed by atoms with van der Waals surface area (Å²) >= 11 is 0. The Kier molecular flexibility index (Phi) is 7.69. The Morgan fingerprint density at radius 1 is 0.879 bits per heavy atom. The van der Waals surface area contributed by atoms with Crippen molar-refractivity contribution in [2.75, 3.05) is 39.7 Å². The van der Waals surface area contributed by atoms with Gasteiger partial charge < -0.3 is 18.6 Å². The zero-order valence-electron chi connectivity index (χ0n) is 18.7. The van der Waals surface area contributed by atoms with Crippen LogP contribution in [0.15, 0.2) is 60.8 Å². The van der Waals surface area contributed by atoms with Gasteiger partial charge >= 0.3 is 0 Å². The first-order chi connectivity index (χ1) is 16.2. The summed E-state index contributed by atoms with van der Waals surface area (Å²) in [7, 11) is 0. The van der Waals surface area contributed by atoms with Crippen molar-refractivity contribution in [2.24, 2.45) is 0 Å². The Balaban J connectivity index is 1.56. The van der Waals surface area contributed by atoms with Gasteiger partial charge in [-0.05, 0) is 35.6 Å². The third-order valence-electron chi connectivity index (χ3n) is 5.56. The zero-order valence-corrected chi connectivity index (χ0v) is 18.7. The summed E-state index contributed by atoms with van der Waals surface area (Å²) < 4.78 is 30.3. The third-order valence-corrected chi connectivity index (χ3v) is 5.56. The number of halogens is 1. The molecule has 0 amide bonds. The normalized spacial score (nSPS) is 11.3. The Morgan fingerprint density at radius 3 is 2.33 bits per heavy atom. The molecule has 4 rings (SSSR count). The maximum absolute atomic E-state index is 12.0. The van der Waals surface area contributed by atoms with Crippen LogP contribution >= 0.6 is 0 Å². The summed E-state index contributed by atoms with van der Waals surface area (Å²) in [5.41, 5.74) is 5.92. The van der Waals surface area contributed by atoms with Crippen LogP contribution in [0, 0.1) is 18.3 Å². The van der Waals surface area contributed by atoms with Gasteiger partial charge in [-0.15, -0.1) is 0 Å². The summed E-state index contributed by atoms with van der Waals surface area (Å²) in [6, 6.07) is 20.8. The Labute approximate surface area is 192 Å². The Morgan fingerprint density at radius 2 is 1.61 bits per heavy atom. The van der Waals surface area contributed by atoms with E-state index < -0.39 is 6.67 Å². The molecule has 0 bridgehead atoms. The van der Waals surface area contributed by atoms with Crippen molar-refractivity contribution in [1.82, 2.24) is 4.40 Å². The van der Waals surface area contributed by atoms with Crippen LogP contribution in [0.1, 0.15) is 16.8 Å². The Bertz CT molecular complexity index is 1260. The second-order valence-electron chi connectivity index (χ2n) is 7.78. The molecule has 0 aliphatic heterocycles. The maximum Gasteiger partial charge on any atom is 0.113 e. The topological polar surface area (TPSA) is 55.9 Å². The molecule has 0 aliphatic carbocycles. The minimum atomic E-state index is -0.478. The van der Waals surface area contributed by atoms with E-state index in [4.69, 9.17) is 14.2 Å². The molecular weight excluding hydrogens is 419 g/mol. The predicted octanol–water partition coefficient (Wildman–Crippen LogP) is 5.46.